The number of carbonyl (C=O) groups is 3. The molecule has 3 amide bonds. The first-order valence-electron chi connectivity index (χ1n) is 12.3. The van der Waals surface area contributed by atoms with Crippen LogP contribution >= 0.6 is 23.2 Å². The molecule has 11 heteroatoms. The number of unbranched alkanes of at least 4 members (excludes halogenated alkanes) is 2. The summed E-state index contributed by atoms with van der Waals surface area (Å²) in [6.45, 7) is 9.01. The van der Waals surface area contributed by atoms with Crippen LogP contribution in [0.1, 0.15) is 66.2 Å². The zero-order chi connectivity index (χ0) is 26.7. The monoisotopic (exact) mass is 541 g/mol. The van der Waals surface area contributed by atoms with Crippen molar-refractivity contribution in [2.24, 2.45) is 11.0 Å². The molecule has 1 aromatic rings. The Hall–Kier alpha value is -2.52. The van der Waals surface area contributed by atoms with Gasteiger partial charge in [0.25, 0.3) is 0 Å². The highest BCUT2D eigenvalue weighted by molar-refractivity contribution is 6.42. The molecule has 1 aliphatic heterocycles. The Balaban J connectivity index is 1.56. The van der Waals surface area contributed by atoms with Gasteiger partial charge in [0.1, 0.15) is 11.4 Å². The molecule has 1 heterocycles. The molecule has 0 fully saturated rings. The Morgan fingerprint density at radius 3 is 2.39 bits per heavy atom. The molecular formula is C25H37Cl2N5O4. The molecule has 0 saturated carbocycles. The third-order valence-electron chi connectivity index (χ3n) is 5.26. The SMILES string of the molecule is CC1CN(c2ccc(Cl)c(Cl)c2)N=C1NC(=O)CCCNC(=O)CCCCCNC(=O)OC(C)(C)C. The molecule has 0 aromatic heterocycles. The van der Waals surface area contributed by atoms with Crippen LogP contribution in [0.5, 0.6) is 0 Å². The summed E-state index contributed by atoms with van der Waals surface area (Å²) in [4.78, 5) is 35.9. The first kappa shape index (κ1) is 29.7. The topological polar surface area (TPSA) is 112 Å². The molecule has 1 unspecified atom stereocenters. The number of benzene rings is 1. The van der Waals surface area contributed by atoms with E-state index in [0.717, 1.165) is 24.9 Å². The highest BCUT2D eigenvalue weighted by atomic mass is 35.5. The van der Waals surface area contributed by atoms with Gasteiger partial charge in [-0.2, -0.15) is 5.10 Å². The van der Waals surface area contributed by atoms with Gasteiger partial charge >= 0.3 is 6.09 Å². The van der Waals surface area contributed by atoms with E-state index >= 15 is 0 Å². The van der Waals surface area contributed by atoms with Crippen molar-refractivity contribution in [2.45, 2.75) is 71.8 Å². The number of nitrogens with zero attached hydrogens (tertiary/aromatic N) is 2. The Kier molecular flexibility index (Phi) is 11.8. The average Bonchev–Trinajstić information content (AvgIpc) is 3.14. The molecular weight excluding hydrogens is 505 g/mol. The lowest BCUT2D eigenvalue weighted by atomic mass is 10.1. The number of anilines is 1. The van der Waals surface area contributed by atoms with Gasteiger partial charge in [0.15, 0.2) is 0 Å². The van der Waals surface area contributed by atoms with E-state index in [0.29, 0.717) is 48.4 Å². The number of ether oxygens (including phenoxy) is 1. The highest BCUT2D eigenvalue weighted by Gasteiger charge is 2.25. The molecule has 2 rings (SSSR count). The van der Waals surface area contributed by atoms with E-state index in [1.165, 1.54) is 0 Å². The van der Waals surface area contributed by atoms with Crippen molar-refractivity contribution in [1.82, 2.24) is 16.0 Å². The zero-order valence-electron chi connectivity index (χ0n) is 21.5. The van der Waals surface area contributed by atoms with Gasteiger partial charge in [0.2, 0.25) is 11.8 Å². The van der Waals surface area contributed by atoms with Gasteiger partial charge in [-0.15, -0.1) is 0 Å². The fourth-order valence-electron chi connectivity index (χ4n) is 3.43. The first-order valence-corrected chi connectivity index (χ1v) is 13.0. The highest BCUT2D eigenvalue weighted by Crippen LogP contribution is 2.29. The summed E-state index contributed by atoms with van der Waals surface area (Å²) in [5.74, 6) is 0.489. The largest absolute Gasteiger partial charge is 0.444 e. The van der Waals surface area contributed by atoms with Gasteiger partial charge < -0.3 is 20.7 Å². The normalized spacial score (nSPS) is 15.3. The Bertz CT molecular complexity index is 949. The number of nitrogens with one attached hydrogen (secondary N) is 3. The molecule has 0 bridgehead atoms. The van der Waals surface area contributed by atoms with Crippen LogP contribution in [0, 0.1) is 5.92 Å². The zero-order valence-corrected chi connectivity index (χ0v) is 23.0. The van der Waals surface area contributed by atoms with Crippen LogP contribution in [0.3, 0.4) is 0 Å². The second-order valence-electron chi connectivity index (χ2n) is 9.81. The Morgan fingerprint density at radius 2 is 1.69 bits per heavy atom. The lowest BCUT2D eigenvalue weighted by molar-refractivity contribution is -0.122. The van der Waals surface area contributed by atoms with E-state index in [4.69, 9.17) is 27.9 Å². The summed E-state index contributed by atoms with van der Waals surface area (Å²) in [5.41, 5.74) is 0.294. The van der Waals surface area contributed by atoms with Gasteiger partial charge in [0, 0.05) is 31.8 Å². The number of hydrogen-bond acceptors (Lipinski definition) is 6. The third kappa shape index (κ3) is 11.0. The smallest absolute Gasteiger partial charge is 0.407 e. The predicted molar refractivity (Wildman–Crippen MR) is 143 cm³/mol. The van der Waals surface area contributed by atoms with Gasteiger partial charge in [-0.05, 0) is 58.2 Å². The van der Waals surface area contributed by atoms with Crippen LogP contribution < -0.4 is 21.0 Å². The van der Waals surface area contributed by atoms with Crippen molar-refractivity contribution in [2.75, 3.05) is 24.6 Å². The van der Waals surface area contributed by atoms with Crippen molar-refractivity contribution >= 4 is 52.6 Å². The molecule has 3 N–H and O–H groups in total. The summed E-state index contributed by atoms with van der Waals surface area (Å²) in [6, 6.07) is 5.29. The molecule has 0 saturated heterocycles. The maximum Gasteiger partial charge on any atom is 0.407 e. The molecule has 0 radical (unpaired) electrons. The van der Waals surface area contributed by atoms with Crippen LogP contribution in [-0.2, 0) is 14.3 Å². The molecule has 1 atom stereocenters. The number of amides is 3. The number of rotatable bonds is 11. The average molecular weight is 543 g/mol. The number of carbonyl (C=O) groups excluding carboxylic acids is 3. The minimum atomic E-state index is -0.514. The number of alkyl carbamates (subject to hydrolysis) is 1. The summed E-state index contributed by atoms with van der Waals surface area (Å²) in [5, 5.41) is 15.6. The van der Waals surface area contributed by atoms with Crippen LogP contribution in [-0.4, -0.2) is 49.0 Å². The quantitative estimate of drug-likeness (QED) is 0.346. The molecule has 200 valence electrons. The number of hydrazone groups is 1. The van der Waals surface area contributed by atoms with Crippen LogP contribution in [0.2, 0.25) is 10.0 Å². The molecule has 0 spiro atoms. The van der Waals surface area contributed by atoms with E-state index in [2.05, 4.69) is 21.1 Å². The van der Waals surface area contributed by atoms with E-state index in [-0.39, 0.29) is 24.2 Å². The fraction of sp³-hybridized carbons (Fsp3) is 0.600. The van der Waals surface area contributed by atoms with Gasteiger partial charge in [-0.3, -0.25) is 14.6 Å². The maximum atomic E-state index is 12.3. The molecule has 9 nitrogen and oxygen atoms in total. The first-order chi connectivity index (χ1) is 16.9. The molecule has 1 aliphatic rings. The lowest BCUT2D eigenvalue weighted by Crippen LogP contribution is -2.34. The number of halogens is 2. The Labute approximate surface area is 223 Å². The summed E-state index contributed by atoms with van der Waals surface area (Å²) < 4.78 is 5.17. The fourth-order valence-corrected chi connectivity index (χ4v) is 3.73. The predicted octanol–water partition coefficient (Wildman–Crippen LogP) is 4.86. The minimum absolute atomic E-state index is 0.0402. The van der Waals surface area contributed by atoms with Crippen molar-refractivity contribution in [3.8, 4) is 0 Å². The van der Waals surface area contributed by atoms with E-state index in [1.54, 1.807) is 17.1 Å². The molecule has 0 aliphatic carbocycles. The van der Waals surface area contributed by atoms with E-state index < -0.39 is 11.7 Å². The third-order valence-corrected chi connectivity index (χ3v) is 6.00. The standard InChI is InChI=1S/C25H37Cl2N5O4/c1-17-16-32(18-11-12-19(26)20(27)15-18)31-23(17)30-22(34)10-8-14-28-21(33)9-6-5-7-13-29-24(35)36-25(2,3)4/h11-12,15,17H,5-10,13-14,16H2,1-4H3,(H,28,33)(H,29,35)(H,30,31,34). The minimum Gasteiger partial charge on any atom is -0.444 e. The van der Waals surface area contributed by atoms with E-state index in [9.17, 15) is 14.4 Å². The number of hydrogen-bond donors (Lipinski definition) is 3. The van der Waals surface area contributed by atoms with Crippen molar-refractivity contribution in [3.63, 3.8) is 0 Å². The van der Waals surface area contributed by atoms with Gasteiger partial charge in [-0.1, -0.05) is 36.5 Å². The number of amidine groups is 1. The summed E-state index contributed by atoms with van der Waals surface area (Å²) in [6.07, 6.45) is 3.14. The van der Waals surface area contributed by atoms with Gasteiger partial charge in [0.05, 0.1) is 22.3 Å². The van der Waals surface area contributed by atoms with Crippen molar-refractivity contribution in [1.29, 1.82) is 0 Å². The van der Waals surface area contributed by atoms with Crippen molar-refractivity contribution in [3.05, 3.63) is 28.2 Å². The maximum absolute atomic E-state index is 12.3. The summed E-state index contributed by atoms with van der Waals surface area (Å²) in [7, 11) is 0. The molecule has 36 heavy (non-hydrogen) atoms. The van der Waals surface area contributed by atoms with Crippen LogP contribution in [0.15, 0.2) is 23.3 Å². The van der Waals surface area contributed by atoms with Crippen molar-refractivity contribution < 1.29 is 19.1 Å². The van der Waals surface area contributed by atoms with Gasteiger partial charge in [-0.25, -0.2) is 4.79 Å². The second-order valence-corrected chi connectivity index (χ2v) is 10.6. The molecule has 1 aromatic carbocycles. The van der Waals surface area contributed by atoms with Crippen LogP contribution in [0.4, 0.5) is 10.5 Å². The van der Waals surface area contributed by atoms with E-state index in [1.807, 2.05) is 33.8 Å². The Morgan fingerprint density at radius 1 is 1.00 bits per heavy atom. The lowest BCUT2D eigenvalue weighted by Gasteiger charge is -2.19. The summed E-state index contributed by atoms with van der Waals surface area (Å²) >= 11 is 12.1. The van der Waals surface area contributed by atoms with Crippen LogP contribution in [0.25, 0.3) is 0 Å². The second kappa shape index (κ2) is 14.3.